The Morgan fingerprint density at radius 1 is 1.30 bits per heavy atom. The summed E-state index contributed by atoms with van der Waals surface area (Å²) in [6.45, 7) is 4.38. The summed E-state index contributed by atoms with van der Waals surface area (Å²) in [6, 6.07) is 0. The molecule has 10 heavy (non-hydrogen) atoms. The minimum Gasteiger partial charge on any atom is -0.412 e. The Morgan fingerprint density at radius 2 is 2.00 bits per heavy atom. The molecule has 60 valence electrons. The van der Waals surface area contributed by atoms with E-state index >= 15 is 0 Å². The van der Waals surface area contributed by atoms with E-state index in [1.165, 1.54) is 6.42 Å². The number of aliphatic hydroxyl groups is 2. The van der Waals surface area contributed by atoms with Crippen LogP contribution >= 0.6 is 0 Å². The van der Waals surface area contributed by atoms with Crippen LogP contribution in [0.2, 0.25) is 0 Å². The molecule has 1 saturated heterocycles. The molecular formula is C8H17O2+. The largest absolute Gasteiger partial charge is 0.412 e. The molecule has 1 N–H and O–H groups in total. The molecule has 1 rings (SSSR count). The van der Waals surface area contributed by atoms with Crippen molar-refractivity contribution in [1.29, 1.82) is 0 Å². The van der Waals surface area contributed by atoms with Crippen molar-refractivity contribution in [1.82, 2.24) is 0 Å². The van der Waals surface area contributed by atoms with Crippen LogP contribution in [0.1, 0.15) is 26.7 Å². The van der Waals surface area contributed by atoms with Crippen molar-refractivity contribution in [2.45, 2.75) is 39.1 Å². The first-order chi connectivity index (χ1) is 4.72. The van der Waals surface area contributed by atoms with Gasteiger partial charge in [-0.05, 0) is 19.3 Å². The van der Waals surface area contributed by atoms with Crippen LogP contribution in [-0.2, 0) is 4.74 Å². The SMILES string of the molecule is C[OH+]C1CC(C)CC(C)O1. The third kappa shape index (κ3) is 1.96. The van der Waals surface area contributed by atoms with Gasteiger partial charge in [0.05, 0.1) is 12.5 Å². The maximum atomic E-state index is 5.54. The molecule has 1 heterocycles. The van der Waals surface area contributed by atoms with Gasteiger partial charge in [0.15, 0.2) is 0 Å². The monoisotopic (exact) mass is 145 g/mol. The first-order valence-electron chi connectivity index (χ1n) is 3.96. The summed E-state index contributed by atoms with van der Waals surface area (Å²) in [6.07, 6.45) is 2.85. The second-order valence-electron chi connectivity index (χ2n) is 3.24. The van der Waals surface area contributed by atoms with Gasteiger partial charge < -0.3 is 9.47 Å². The lowest BCUT2D eigenvalue weighted by Crippen LogP contribution is -2.32. The van der Waals surface area contributed by atoms with Gasteiger partial charge >= 0.3 is 0 Å². The summed E-state index contributed by atoms with van der Waals surface area (Å²) in [7, 11) is 1.83. The van der Waals surface area contributed by atoms with Crippen LogP contribution in [0.3, 0.4) is 0 Å². The maximum absolute atomic E-state index is 5.54. The van der Waals surface area contributed by atoms with E-state index < -0.39 is 0 Å². The van der Waals surface area contributed by atoms with Gasteiger partial charge in [-0.15, -0.1) is 0 Å². The van der Waals surface area contributed by atoms with Gasteiger partial charge in [-0.25, -0.2) is 0 Å². The zero-order valence-electron chi connectivity index (χ0n) is 7.00. The van der Waals surface area contributed by atoms with Crippen molar-refractivity contribution < 1.29 is 9.47 Å². The first-order valence-corrected chi connectivity index (χ1v) is 3.96. The molecule has 0 spiro atoms. The van der Waals surface area contributed by atoms with Gasteiger partial charge in [-0.2, -0.15) is 0 Å². The number of hydrogen-bond acceptors (Lipinski definition) is 1. The topological polar surface area (TPSA) is 22.0 Å². The van der Waals surface area contributed by atoms with E-state index in [1.807, 2.05) is 7.11 Å². The van der Waals surface area contributed by atoms with Crippen LogP contribution in [0.5, 0.6) is 0 Å². The van der Waals surface area contributed by atoms with Crippen molar-refractivity contribution in [3.63, 3.8) is 0 Å². The lowest BCUT2D eigenvalue weighted by atomic mass is 9.98. The summed E-state index contributed by atoms with van der Waals surface area (Å²) in [4.78, 5) is 0. The maximum Gasteiger partial charge on any atom is 0.264 e. The third-order valence-electron chi connectivity index (χ3n) is 2.02. The smallest absolute Gasteiger partial charge is 0.264 e. The lowest BCUT2D eigenvalue weighted by Gasteiger charge is -2.27. The zero-order valence-corrected chi connectivity index (χ0v) is 7.00. The average molecular weight is 145 g/mol. The minimum absolute atomic E-state index is 0.166. The van der Waals surface area contributed by atoms with Crippen LogP contribution in [0.4, 0.5) is 0 Å². The molecule has 1 aliphatic heterocycles. The number of ether oxygens (including phenoxy) is 2. The van der Waals surface area contributed by atoms with Crippen molar-refractivity contribution in [3.8, 4) is 0 Å². The minimum atomic E-state index is 0.166. The molecule has 0 aromatic rings. The predicted molar refractivity (Wildman–Crippen MR) is 40.9 cm³/mol. The highest BCUT2D eigenvalue weighted by molar-refractivity contribution is 4.66. The van der Waals surface area contributed by atoms with Crippen LogP contribution in [0.25, 0.3) is 0 Å². The summed E-state index contributed by atoms with van der Waals surface area (Å²) in [5.74, 6) is 0.775. The third-order valence-corrected chi connectivity index (χ3v) is 2.02. The Kier molecular flexibility index (Phi) is 2.69. The van der Waals surface area contributed by atoms with E-state index in [0.29, 0.717) is 6.10 Å². The Morgan fingerprint density at radius 3 is 2.50 bits per heavy atom. The van der Waals surface area contributed by atoms with Crippen LogP contribution in [-0.4, -0.2) is 24.2 Å². The molecule has 2 heteroatoms. The Balaban J connectivity index is 2.35. The molecule has 3 atom stereocenters. The molecule has 0 saturated carbocycles. The first kappa shape index (κ1) is 8.02. The van der Waals surface area contributed by atoms with Crippen LogP contribution < -0.4 is 0 Å². The summed E-state index contributed by atoms with van der Waals surface area (Å²) in [5, 5.41) is 0. The summed E-state index contributed by atoms with van der Waals surface area (Å²) < 4.78 is 9.67. The summed E-state index contributed by atoms with van der Waals surface area (Å²) >= 11 is 0. The molecule has 1 fully saturated rings. The molecule has 2 nitrogen and oxygen atoms in total. The zero-order chi connectivity index (χ0) is 7.56. The van der Waals surface area contributed by atoms with Gasteiger partial charge in [0.2, 0.25) is 0 Å². The van der Waals surface area contributed by atoms with Crippen molar-refractivity contribution >= 4 is 0 Å². The molecule has 0 aromatic carbocycles. The van der Waals surface area contributed by atoms with E-state index in [-0.39, 0.29) is 6.29 Å². The van der Waals surface area contributed by atoms with E-state index in [4.69, 9.17) is 4.74 Å². The predicted octanol–water partition coefficient (Wildman–Crippen LogP) is 1.31. The molecule has 0 aromatic heterocycles. The Bertz CT molecular complexity index is 93.4. The fraction of sp³-hybridized carbons (Fsp3) is 1.00. The van der Waals surface area contributed by atoms with Gasteiger partial charge in [-0.1, -0.05) is 6.92 Å². The van der Waals surface area contributed by atoms with Crippen LogP contribution in [0.15, 0.2) is 0 Å². The van der Waals surface area contributed by atoms with E-state index in [1.54, 1.807) is 0 Å². The summed E-state index contributed by atoms with van der Waals surface area (Å²) in [5.41, 5.74) is 0. The van der Waals surface area contributed by atoms with Gasteiger partial charge in [0.25, 0.3) is 6.29 Å². The van der Waals surface area contributed by atoms with Gasteiger partial charge in [-0.3, -0.25) is 0 Å². The molecule has 1 aliphatic rings. The molecule has 0 radical (unpaired) electrons. The highest BCUT2D eigenvalue weighted by Crippen LogP contribution is 2.23. The van der Waals surface area contributed by atoms with Crippen LogP contribution in [0, 0.1) is 5.92 Å². The lowest BCUT2D eigenvalue weighted by molar-refractivity contribution is -0.258. The Labute approximate surface area is 62.5 Å². The molecule has 0 bridgehead atoms. The number of rotatable bonds is 1. The van der Waals surface area contributed by atoms with Crippen molar-refractivity contribution in [3.05, 3.63) is 0 Å². The fourth-order valence-corrected chi connectivity index (χ4v) is 1.55. The van der Waals surface area contributed by atoms with Gasteiger partial charge in [0, 0.05) is 0 Å². The number of hydrogen-bond donors (Lipinski definition) is 0. The highest BCUT2D eigenvalue weighted by atomic mass is 16.7. The highest BCUT2D eigenvalue weighted by Gasteiger charge is 2.26. The second kappa shape index (κ2) is 3.35. The quantitative estimate of drug-likeness (QED) is 0.510. The van der Waals surface area contributed by atoms with E-state index in [0.717, 1.165) is 12.3 Å². The normalized spacial score (nSPS) is 41.7. The molecule has 0 aliphatic carbocycles. The van der Waals surface area contributed by atoms with E-state index in [2.05, 4.69) is 18.6 Å². The average Bonchev–Trinajstić information content (AvgIpc) is 1.85. The van der Waals surface area contributed by atoms with Crippen molar-refractivity contribution in [2.24, 2.45) is 5.92 Å². The Hall–Kier alpha value is -0.0800. The van der Waals surface area contributed by atoms with Gasteiger partial charge in [0.1, 0.15) is 7.11 Å². The van der Waals surface area contributed by atoms with E-state index in [9.17, 15) is 0 Å². The fourth-order valence-electron chi connectivity index (χ4n) is 1.55. The van der Waals surface area contributed by atoms with Crippen molar-refractivity contribution in [2.75, 3.05) is 7.11 Å². The molecular weight excluding hydrogens is 128 g/mol. The second-order valence-corrected chi connectivity index (χ2v) is 3.24. The molecule has 3 unspecified atom stereocenters. The molecule has 0 amide bonds. The standard InChI is InChI=1S/C8H16O2/c1-6-4-7(2)10-8(5-6)9-3/h6-8H,4-5H2,1-3H3/p+1.